The van der Waals surface area contributed by atoms with E-state index in [9.17, 15) is 8.78 Å². The van der Waals surface area contributed by atoms with E-state index in [1.54, 1.807) is 6.20 Å². The van der Waals surface area contributed by atoms with Crippen LogP contribution in [0.2, 0.25) is 0 Å². The summed E-state index contributed by atoms with van der Waals surface area (Å²) in [5.41, 5.74) is 1.15. The summed E-state index contributed by atoms with van der Waals surface area (Å²) in [5.74, 6) is 0.204. The quantitative estimate of drug-likeness (QED) is 0.817. The molecule has 3 nitrogen and oxygen atoms in total. The second kappa shape index (κ2) is 5.99. The first kappa shape index (κ1) is 16.1. The SMILES string of the molecule is CC.Cc1cnn2c1C(C)(C(C)C)OCC2C(F)F. The topological polar surface area (TPSA) is 27.1 Å². The Morgan fingerprint density at radius 3 is 2.47 bits per heavy atom. The molecule has 0 saturated carbocycles. The Labute approximate surface area is 113 Å². The van der Waals surface area contributed by atoms with Crippen LogP contribution < -0.4 is 0 Å². The van der Waals surface area contributed by atoms with Crippen molar-refractivity contribution in [1.29, 1.82) is 0 Å². The van der Waals surface area contributed by atoms with Crippen LogP contribution in [0.5, 0.6) is 0 Å². The third-order valence-electron chi connectivity index (χ3n) is 3.71. The van der Waals surface area contributed by atoms with E-state index in [2.05, 4.69) is 5.10 Å². The lowest BCUT2D eigenvalue weighted by molar-refractivity contribution is -0.132. The van der Waals surface area contributed by atoms with Gasteiger partial charge in [-0.3, -0.25) is 4.68 Å². The second-order valence-electron chi connectivity index (χ2n) is 5.10. The number of hydrogen-bond donors (Lipinski definition) is 0. The minimum absolute atomic E-state index is 0.0144. The molecule has 110 valence electrons. The number of aromatic nitrogens is 2. The van der Waals surface area contributed by atoms with Crippen molar-refractivity contribution >= 4 is 0 Å². The van der Waals surface area contributed by atoms with E-state index in [-0.39, 0.29) is 12.5 Å². The lowest BCUT2D eigenvalue weighted by Gasteiger charge is -2.41. The Bertz CT molecular complexity index is 418. The summed E-state index contributed by atoms with van der Waals surface area (Å²) in [4.78, 5) is 0. The van der Waals surface area contributed by atoms with Crippen molar-refractivity contribution in [3.63, 3.8) is 0 Å². The van der Waals surface area contributed by atoms with Gasteiger partial charge >= 0.3 is 0 Å². The minimum Gasteiger partial charge on any atom is -0.366 e. The van der Waals surface area contributed by atoms with Gasteiger partial charge in [-0.1, -0.05) is 27.7 Å². The van der Waals surface area contributed by atoms with Crippen LogP contribution in [-0.4, -0.2) is 22.8 Å². The number of aryl methyl sites for hydroxylation is 1. The highest BCUT2D eigenvalue weighted by atomic mass is 19.3. The number of alkyl halides is 2. The molecule has 1 aromatic heterocycles. The molecule has 2 rings (SSSR count). The molecule has 0 bridgehead atoms. The number of halogens is 2. The largest absolute Gasteiger partial charge is 0.366 e. The zero-order valence-corrected chi connectivity index (χ0v) is 12.6. The van der Waals surface area contributed by atoms with Gasteiger partial charge in [0.2, 0.25) is 0 Å². The maximum atomic E-state index is 12.9. The van der Waals surface area contributed by atoms with Gasteiger partial charge in [0.25, 0.3) is 6.43 Å². The van der Waals surface area contributed by atoms with E-state index < -0.39 is 18.1 Å². The van der Waals surface area contributed by atoms with Gasteiger partial charge in [-0.05, 0) is 25.3 Å². The Morgan fingerprint density at radius 1 is 1.42 bits per heavy atom. The Kier molecular flexibility index (Phi) is 5.07. The van der Waals surface area contributed by atoms with Crippen molar-refractivity contribution in [3.8, 4) is 0 Å². The van der Waals surface area contributed by atoms with E-state index in [4.69, 9.17) is 4.74 Å². The van der Waals surface area contributed by atoms with E-state index in [0.717, 1.165) is 11.3 Å². The predicted molar refractivity (Wildman–Crippen MR) is 71.5 cm³/mol. The molecule has 0 aliphatic carbocycles. The first-order valence-corrected chi connectivity index (χ1v) is 6.84. The van der Waals surface area contributed by atoms with Gasteiger partial charge in [0.15, 0.2) is 0 Å². The zero-order chi connectivity index (χ0) is 14.8. The zero-order valence-electron chi connectivity index (χ0n) is 12.6. The molecule has 0 saturated heterocycles. The molecule has 0 aromatic carbocycles. The van der Waals surface area contributed by atoms with Crippen molar-refractivity contribution in [1.82, 2.24) is 9.78 Å². The summed E-state index contributed by atoms with van der Waals surface area (Å²) in [6, 6.07) is -0.967. The lowest BCUT2D eigenvalue weighted by Crippen LogP contribution is -2.44. The molecule has 1 aliphatic heterocycles. The maximum Gasteiger partial charge on any atom is 0.262 e. The fraction of sp³-hybridized carbons (Fsp3) is 0.786. The van der Waals surface area contributed by atoms with E-state index >= 15 is 0 Å². The predicted octanol–water partition coefficient (Wildman–Crippen LogP) is 3.93. The van der Waals surface area contributed by atoms with Crippen LogP contribution in [-0.2, 0) is 10.3 Å². The van der Waals surface area contributed by atoms with Crippen LogP contribution >= 0.6 is 0 Å². The van der Waals surface area contributed by atoms with Gasteiger partial charge in [0, 0.05) is 0 Å². The summed E-state index contributed by atoms with van der Waals surface area (Å²) in [6.07, 6.45) is -0.815. The molecule has 5 heteroatoms. The summed E-state index contributed by atoms with van der Waals surface area (Å²) in [6.45, 7) is 11.9. The standard InChI is InChI=1S/C12H18F2N2O.C2H6/c1-7(2)12(4)10-8(3)5-15-16(10)9(6-17-12)11(13)14;1-2/h5,7,9,11H,6H2,1-4H3;1-2H3. The number of fused-ring (bicyclic) bond motifs is 1. The van der Waals surface area contributed by atoms with Gasteiger partial charge < -0.3 is 4.74 Å². The van der Waals surface area contributed by atoms with Crippen LogP contribution in [0.4, 0.5) is 8.78 Å². The lowest BCUT2D eigenvalue weighted by atomic mass is 9.85. The highest BCUT2D eigenvalue weighted by Gasteiger charge is 2.44. The summed E-state index contributed by atoms with van der Waals surface area (Å²) < 4.78 is 33.0. The minimum atomic E-state index is -2.45. The molecule has 1 aliphatic rings. The van der Waals surface area contributed by atoms with Crippen molar-refractivity contribution < 1.29 is 13.5 Å². The third-order valence-corrected chi connectivity index (χ3v) is 3.71. The van der Waals surface area contributed by atoms with E-state index in [0.29, 0.717) is 0 Å². The van der Waals surface area contributed by atoms with Gasteiger partial charge in [0.1, 0.15) is 11.6 Å². The molecule has 19 heavy (non-hydrogen) atoms. The van der Waals surface area contributed by atoms with E-state index in [1.165, 1.54) is 4.68 Å². The molecule has 0 amide bonds. The number of ether oxygens (including phenoxy) is 1. The number of rotatable bonds is 2. The highest BCUT2D eigenvalue weighted by Crippen LogP contribution is 2.41. The molecule has 0 fully saturated rings. The van der Waals surface area contributed by atoms with Crippen molar-refractivity contribution in [2.24, 2.45) is 5.92 Å². The molecule has 0 radical (unpaired) electrons. The van der Waals surface area contributed by atoms with Gasteiger partial charge in [0.05, 0.1) is 18.5 Å². The fourth-order valence-electron chi connectivity index (χ4n) is 2.34. The molecular formula is C14H24F2N2O. The normalized spacial score (nSPS) is 26.1. The van der Waals surface area contributed by atoms with Crippen molar-refractivity contribution in [2.45, 2.75) is 59.6 Å². The number of nitrogens with zero attached hydrogens (tertiary/aromatic N) is 2. The van der Waals surface area contributed by atoms with Crippen LogP contribution in [0, 0.1) is 12.8 Å². The Balaban J connectivity index is 0.000000861. The highest BCUT2D eigenvalue weighted by molar-refractivity contribution is 5.25. The van der Waals surface area contributed by atoms with Gasteiger partial charge in [-0.25, -0.2) is 8.78 Å². The molecule has 2 unspecified atom stereocenters. The molecule has 1 aromatic rings. The average Bonchev–Trinajstić information content (AvgIpc) is 2.75. The van der Waals surface area contributed by atoms with Crippen LogP contribution in [0.3, 0.4) is 0 Å². The van der Waals surface area contributed by atoms with Crippen molar-refractivity contribution in [3.05, 3.63) is 17.5 Å². The Morgan fingerprint density at radius 2 is 2.00 bits per heavy atom. The molecule has 2 atom stereocenters. The second-order valence-corrected chi connectivity index (χ2v) is 5.10. The monoisotopic (exact) mass is 274 g/mol. The summed E-state index contributed by atoms with van der Waals surface area (Å²) in [5, 5.41) is 4.09. The molecule has 0 spiro atoms. The Hall–Kier alpha value is -0.970. The van der Waals surface area contributed by atoms with Crippen LogP contribution in [0.15, 0.2) is 6.20 Å². The smallest absolute Gasteiger partial charge is 0.262 e. The molecule has 2 heterocycles. The third kappa shape index (κ3) is 2.66. The van der Waals surface area contributed by atoms with Gasteiger partial charge in [-0.2, -0.15) is 5.10 Å². The first-order chi connectivity index (χ1) is 8.88. The fourth-order valence-corrected chi connectivity index (χ4v) is 2.34. The van der Waals surface area contributed by atoms with Crippen molar-refractivity contribution in [2.75, 3.05) is 6.61 Å². The molecule has 0 N–H and O–H groups in total. The molecular weight excluding hydrogens is 250 g/mol. The van der Waals surface area contributed by atoms with E-state index in [1.807, 2.05) is 41.5 Å². The van der Waals surface area contributed by atoms with Crippen LogP contribution in [0.25, 0.3) is 0 Å². The number of hydrogen-bond acceptors (Lipinski definition) is 2. The van der Waals surface area contributed by atoms with Crippen LogP contribution in [0.1, 0.15) is 51.9 Å². The first-order valence-electron chi connectivity index (χ1n) is 6.84. The maximum absolute atomic E-state index is 12.9. The summed E-state index contributed by atoms with van der Waals surface area (Å²) >= 11 is 0. The van der Waals surface area contributed by atoms with Gasteiger partial charge in [-0.15, -0.1) is 0 Å². The summed E-state index contributed by atoms with van der Waals surface area (Å²) in [7, 11) is 0. The average molecular weight is 274 g/mol.